The number of esters is 1. The van der Waals surface area contributed by atoms with Crippen molar-refractivity contribution in [3.63, 3.8) is 0 Å². The normalized spacial score (nSPS) is 13.8. The molecule has 0 spiro atoms. The first-order valence-electron chi connectivity index (χ1n) is 12.0. The standard InChI is InChI=1S/C29H31FN2O3/c1-5-34-27(33)15-24(20-10-11-20)21-7-6-8-23(14-21)35-17-22-16-31-29(28(32-22)18(2)3)25-13-19(4)9-12-26(25)30/h6-9,12-14,16,20,24H,2,5,10-11,15,17H2,1,3-4H3/t24-/m0/s1. The SMILES string of the molecule is C=C(C)c1nc(COc2cccc([C@@H](CC(=O)OCC)C3CC3)c2)cnc1-c1cc(C)ccc1F. The van der Waals surface area contributed by atoms with Crippen LogP contribution < -0.4 is 4.74 Å². The Bertz CT molecular complexity index is 1240. The van der Waals surface area contributed by atoms with Gasteiger partial charge in [-0.3, -0.25) is 9.78 Å². The molecular formula is C29H31FN2O3. The summed E-state index contributed by atoms with van der Waals surface area (Å²) in [5.41, 5.74) is 4.76. The van der Waals surface area contributed by atoms with Crippen molar-refractivity contribution < 1.29 is 18.7 Å². The van der Waals surface area contributed by atoms with E-state index in [1.165, 1.54) is 6.07 Å². The summed E-state index contributed by atoms with van der Waals surface area (Å²) in [6.07, 6.45) is 4.25. The number of carbonyl (C=O) groups is 1. The summed E-state index contributed by atoms with van der Waals surface area (Å²) in [7, 11) is 0. The molecule has 5 nitrogen and oxygen atoms in total. The van der Waals surface area contributed by atoms with Gasteiger partial charge in [0.25, 0.3) is 0 Å². The summed E-state index contributed by atoms with van der Waals surface area (Å²) in [6.45, 7) is 10.2. The summed E-state index contributed by atoms with van der Waals surface area (Å²) < 4.78 is 25.7. The molecular weight excluding hydrogens is 443 g/mol. The van der Waals surface area contributed by atoms with Crippen molar-refractivity contribution in [3.05, 3.63) is 83.6 Å². The molecule has 0 aliphatic heterocycles. The second-order valence-electron chi connectivity index (χ2n) is 9.14. The Labute approximate surface area is 206 Å². The Morgan fingerprint density at radius 3 is 2.74 bits per heavy atom. The molecule has 1 heterocycles. The summed E-state index contributed by atoms with van der Waals surface area (Å²) in [4.78, 5) is 21.3. The topological polar surface area (TPSA) is 61.3 Å². The highest BCUT2D eigenvalue weighted by atomic mass is 19.1. The van der Waals surface area contributed by atoms with Gasteiger partial charge < -0.3 is 9.47 Å². The summed E-state index contributed by atoms with van der Waals surface area (Å²) in [5, 5.41) is 0. The maximum absolute atomic E-state index is 14.5. The van der Waals surface area contributed by atoms with Gasteiger partial charge in [-0.25, -0.2) is 9.37 Å². The molecule has 4 rings (SSSR count). The third-order valence-corrected chi connectivity index (χ3v) is 6.16. The third kappa shape index (κ3) is 6.13. The molecule has 0 unspecified atom stereocenters. The van der Waals surface area contributed by atoms with E-state index in [9.17, 15) is 9.18 Å². The van der Waals surface area contributed by atoms with Gasteiger partial charge in [-0.1, -0.05) is 30.3 Å². The van der Waals surface area contributed by atoms with Crippen LogP contribution in [0, 0.1) is 18.7 Å². The van der Waals surface area contributed by atoms with Crippen LogP contribution in [0.1, 0.15) is 61.5 Å². The van der Waals surface area contributed by atoms with Crippen LogP contribution in [0.3, 0.4) is 0 Å². The number of nitrogens with zero attached hydrogens (tertiary/aromatic N) is 2. The largest absolute Gasteiger partial charge is 0.487 e. The summed E-state index contributed by atoms with van der Waals surface area (Å²) >= 11 is 0. The molecule has 0 saturated heterocycles. The Morgan fingerprint density at radius 2 is 2.03 bits per heavy atom. The van der Waals surface area contributed by atoms with Crippen LogP contribution in [0.5, 0.6) is 5.75 Å². The molecule has 1 saturated carbocycles. The van der Waals surface area contributed by atoms with E-state index >= 15 is 0 Å². The van der Waals surface area contributed by atoms with E-state index in [4.69, 9.17) is 9.47 Å². The number of ether oxygens (including phenoxy) is 2. The predicted octanol–water partition coefficient (Wildman–Crippen LogP) is 6.65. The van der Waals surface area contributed by atoms with Gasteiger partial charge in [0, 0.05) is 5.56 Å². The molecule has 1 aliphatic carbocycles. The average molecular weight is 475 g/mol. The number of hydrogen-bond acceptors (Lipinski definition) is 5. The molecule has 6 heteroatoms. The lowest BCUT2D eigenvalue weighted by atomic mass is 9.91. The lowest BCUT2D eigenvalue weighted by Gasteiger charge is -2.17. The molecule has 0 amide bonds. The van der Waals surface area contributed by atoms with Gasteiger partial charge in [0.2, 0.25) is 0 Å². The zero-order valence-corrected chi connectivity index (χ0v) is 20.5. The summed E-state index contributed by atoms with van der Waals surface area (Å²) in [6, 6.07) is 12.8. The number of benzene rings is 2. The van der Waals surface area contributed by atoms with Crippen LogP contribution in [0.25, 0.3) is 16.8 Å². The highest BCUT2D eigenvalue weighted by Gasteiger charge is 2.34. The fourth-order valence-corrected chi connectivity index (χ4v) is 4.26. The van der Waals surface area contributed by atoms with Crippen molar-refractivity contribution in [2.45, 2.75) is 52.6 Å². The molecule has 1 fully saturated rings. The van der Waals surface area contributed by atoms with Crippen molar-refractivity contribution in [2.75, 3.05) is 6.61 Å². The lowest BCUT2D eigenvalue weighted by Crippen LogP contribution is -2.12. The summed E-state index contributed by atoms with van der Waals surface area (Å²) in [5.74, 6) is 0.832. The molecule has 182 valence electrons. The van der Waals surface area contributed by atoms with Gasteiger partial charge in [0.05, 0.1) is 36.3 Å². The zero-order chi connectivity index (χ0) is 24.9. The Balaban J connectivity index is 1.52. The molecule has 0 radical (unpaired) electrons. The number of rotatable bonds is 10. The molecule has 0 bridgehead atoms. The maximum Gasteiger partial charge on any atom is 0.306 e. The Kier molecular flexibility index (Phi) is 7.59. The smallest absolute Gasteiger partial charge is 0.306 e. The van der Waals surface area contributed by atoms with E-state index < -0.39 is 0 Å². The van der Waals surface area contributed by atoms with Crippen LogP contribution in [-0.2, 0) is 16.1 Å². The van der Waals surface area contributed by atoms with Crippen molar-refractivity contribution in [1.82, 2.24) is 9.97 Å². The van der Waals surface area contributed by atoms with Gasteiger partial charge in [0.1, 0.15) is 18.2 Å². The average Bonchev–Trinajstić information content (AvgIpc) is 3.68. The van der Waals surface area contributed by atoms with Gasteiger partial charge in [-0.2, -0.15) is 0 Å². The molecule has 1 aliphatic rings. The van der Waals surface area contributed by atoms with E-state index in [1.54, 1.807) is 18.3 Å². The quantitative estimate of drug-likeness (QED) is 0.308. The molecule has 3 aromatic rings. The highest BCUT2D eigenvalue weighted by molar-refractivity contribution is 5.75. The number of carbonyl (C=O) groups excluding carboxylic acids is 1. The minimum atomic E-state index is -0.346. The van der Waals surface area contributed by atoms with Crippen LogP contribution >= 0.6 is 0 Å². The number of allylic oxidation sites excluding steroid dienone is 1. The van der Waals surface area contributed by atoms with Crippen LogP contribution in [-0.4, -0.2) is 22.5 Å². The van der Waals surface area contributed by atoms with Crippen LogP contribution in [0.15, 0.2) is 55.2 Å². The Morgan fingerprint density at radius 1 is 1.23 bits per heavy atom. The van der Waals surface area contributed by atoms with E-state index in [1.807, 2.05) is 45.0 Å². The van der Waals surface area contributed by atoms with E-state index in [-0.39, 0.29) is 24.3 Å². The van der Waals surface area contributed by atoms with Gasteiger partial charge in [0.15, 0.2) is 0 Å². The van der Waals surface area contributed by atoms with E-state index in [0.29, 0.717) is 52.9 Å². The number of aryl methyl sites for hydroxylation is 1. The zero-order valence-electron chi connectivity index (χ0n) is 20.5. The molecule has 1 aromatic heterocycles. The maximum atomic E-state index is 14.5. The first-order valence-corrected chi connectivity index (χ1v) is 12.0. The highest BCUT2D eigenvalue weighted by Crippen LogP contribution is 2.45. The molecule has 0 N–H and O–H groups in total. The fourth-order valence-electron chi connectivity index (χ4n) is 4.26. The first-order chi connectivity index (χ1) is 16.9. The third-order valence-electron chi connectivity index (χ3n) is 6.16. The first kappa shape index (κ1) is 24.6. The van der Waals surface area contributed by atoms with Crippen molar-refractivity contribution in [3.8, 4) is 17.0 Å². The van der Waals surface area contributed by atoms with Gasteiger partial charge in [-0.15, -0.1) is 0 Å². The van der Waals surface area contributed by atoms with Crippen LogP contribution in [0.4, 0.5) is 4.39 Å². The van der Waals surface area contributed by atoms with Crippen molar-refractivity contribution in [2.24, 2.45) is 5.92 Å². The number of halogens is 1. The van der Waals surface area contributed by atoms with Gasteiger partial charge in [-0.05, 0) is 80.9 Å². The number of aromatic nitrogens is 2. The predicted molar refractivity (Wildman–Crippen MR) is 134 cm³/mol. The number of hydrogen-bond donors (Lipinski definition) is 0. The van der Waals surface area contributed by atoms with Crippen LogP contribution in [0.2, 0.25) is 0 Å². The molecule has 1 atom stereocenters. The van der Waals surface area contributed by atoms with E-state index in [0.717, 1.165) is 24.0 Å². The minimum Gasteiger partial charge on any atom is -0.487 e. The molecule has 2 aromatic carbocycles. The fraction of sp³-hybridized carbons (Fsp3) is 0.345. The monoisotopic (exact) mass is 474 g/mol. The second kappa shape index (κ2) is 10.8. The second-order valence-corrected chi connectivity index (χ2v) is 9.14. The molecule has 35 heavy (non-hydrogen) atoms. The van der Waals surface area contributed by atoms with Gasteiger partial charge >= 0.3 is 5.97 Å². The Hall–Kier alpha value is -3.54. The van der Waals surface area contributed by atoms with Crippen molar-refractivity contribution >= 4 is 11.5 Å². The van der Waals surface area contributed by atoms with E-state index in [2.05, 4.69) is 16.5 Å². The minimum absolute atomic E-state index is 0.135. The lowest BCUT2D eigenvalue weighted by molar-refractivity contribution is -0.143. The van der Waals surface area contributed by atoms with Crippen molar-refractivity contribution in [1.29, 1.82) is 0 Å².